The van der Waals surface area contributed by atoms with Crippen LogP contribution < -0.4 is 5.32 Å². The second-order valence-electron chi connectivity index (χ2n) is 15.4. The molecule has 10 aromatic carbocycles. The summed E-state index contributed by atoms with van der Waals surface area (Å²) in [5.74, 6) is 1.43. The number of hydrogen-bond donors (Lipinski definition) is 1. The van der Waals surface area contributed by atoms with E-state index < -0.39 is 6.17 Å². The van der Waals surface area contributed by atoms with Gasteiger partial charge in [-0.25, -0.2) is 9.98 Å². The summed E-state index contributed by atoms with van der Waals surface area (Å²) in [4.78, 5) is 10.7. The normalized spacial score (nSPS) is 14.3. The molecule has 0 amide bonds. The van der Waals surface area contributed by atoms with Crippen molar-refractivity contribution in [2.24, 2.45) is 9.98 Å². The molecule has 0 saturated heterocycles. The molecule has 12 rings (SSSR count). The molecular weight excluding hydrogens is 719 g/mol. The van der Waals surface area contributed by atoms with Gasteiger partial charge in [0.2, 0.25) is 0 Å². The third kappa shape index (κ3) is 5.76. The van der Waals surface area contributed by atoms with Crippen LogP contribution in [-0.2, 0) is 0 Å². The van der Waals surface area contributed by atoms with Crippen molar-refractivity contribution in [3.8, 4) is 22.3 Å². The van der Waals surface area contributed by atoms with Crippen molar-refractivity contribution in [1.82, 2.24) is 5.32 Å². The molecule has 1 aliphatic heterocycles. The Hall–Kier alpha value is -7.82. The smallest absolute Gasteiger partial charge is 0.159 e. The van der Waals surface area contributed by atoms with Crippen molar-refractivity contribution in [2.45, 2.75) is 6.17 Å². The Kier molecular flexibility index (Phi) is 7.57. The van der Waals surface area contributed by atoms with Crippen LogP contribution in [0.1, 0.15) is 22.9 Å². The predicted molar refractivity (Wildman–Crippen MR) is 246 cm³/mol. The maximum absolute atomic E-state index is 6.90. The van der Waals surface area contributed by atoms with Gasteiger partial charge in [-0.1, -0.05) is 164 Å². The Morgan fingerprint density at radius 2 is 0.898 bits per heavy atom. The van der Waals surface area contributed by atoms with Gasteiger partial charge in [0, 0.05) is 27.5 Å². The number of furan rings is 1. The Balaban J connectivity index is 1.05. The number of nitrogens with one attached hydrogen (secondary N) is 1. The van der Waals surface area contributed by atoms with Gasteiger partial charge in [-0.3, -0.25) is 0 Å². The molecule has 1 atom stereocenters. The van der Waals surface area contributed by atoms with Crippen LogP contribution in [0.3, 0.4) is 0 Å². The number of rotatable bonds is 5. The SMILES string of the molecule is c1ccc2cc(C3=NC(c4cc(-c5ccc(-c6ccc7ccccc7c6)cc5)cc5c4oc4ccc6ccccc6c45)NC(c4ccc5ccccc5c4)=N3)ccc2c1. The van der Waals surface area contributed by atoms with Crippen LogP contribution in [0.2, 0.25) is 0 Å². The topological polar surface area (TPSA) is 49.9 Å². The Labute approximate surface area is 340 Å². The highest BCUT2D eigenvalue weighted by Gasteiger charge is 2.26. The standard InChI is InChI=1S/C55H35N3O/c1-4-13-40-29-43(24-21-34(40)9-1)37-17-19-38(20-18-37)46-32-48-51-47-16-8-7-12-39(47)27-28-50(51)59-52(48)49(33-46)55-57-53(44-25-22-35-10-2-5-14-41(35)30-44)56-54(58-55)45-26-23-36-11-3-6-15-42(36)31-45/h1-33,55H,(H,56,57,58). The van der Waals surface area contributed by atoms with Gasteiger partial charge in [0.1, 0.15) is 17.0 Å². The highest BCUT2D eigenvalue weighted by atomic mass is 16.3. The zero-order valence-electron chi connectivity index (χ0n) is 31.9. The van der Waals surface area contributed by atoms with E-state index in [1.165, 1.54) is 38.1 Å². The first-order chi connectivity index (χ1) is 29.2. The van der Waals surface area contributed by atoms with Crippen molar-refractivity contribution >= 4 is 76.7 Å². The number of fused-ring (bicyclic) bond motifs is 8. The molecule has 0 radical (unpaired) electrons. The maximum Gasteiger partial charge on any atom is 0.159 e. The summed E-state index contributed by atoms with van der Waals surface area (Å²) in [6.07, 6.45) is -0.499. The van der Waals surface area contributed by atoms with Gasteiger partial charge in [0.05, 0.1) is 0 Å². The Morgan fingerprint density at radius 1 is 0.390 bits per heavy atom. The van der Waals surface area contributed by atoms with Gasteiger partial charge in [0.25, 0.3) is 0 Å². The average Bonchev–Trinajstić information content (AvgIpc) is 3.70. The molecule has 1 aliphatic rings. The summed E-state index contributed by atoms with van der Waals surface area (Å²) < 4.78 is 6.90. The molecule has 0 bridgehead atoms. The molecule has 4 heteroatoms. The Morgan fingerprint density at radius 3 is 1.58 bits per heavy atom. The molecule has 0 aliphatic carbocycles. The summed E-state index contributed by atoms with van der Waals surface area (Å²) in [5, 5.41) is 15.4. The van der Waals surface area contributed by atoms with E-state index in [1.807, 2.05) is 0 Å². The third-order valence-electron chi connectivity index (χ3n) is 11.9. The van der Waals surface area contributed by atoms with Gasteiger partial charge in [0.15, 0.2) is 12.0 Å². The lowest BCUT2D eigenvalue weighted by molar-refractivity contribution is 0.629. The van der Waals surface area contributed by atoms with Gasteiger partial charge < -0.3 is 9.73 Å². The largest absolute Gasteiger partial charge is 0.456 e. The molecule has 59 heavy (non-hydrogen) atoms. The van der Waals surface area contributed by atoms with Crippen LogP contribution in [0.15, 0.2) is 215 Å². The minimum Gasteiger partial charge on any atom is -0.456 e. The molecule has 276 valence electrons. The highest BCUT2D eigenvalue weighted by Crippen LogP contribution is 2.42. The lowest BCUT2D eigenvalue weighted by Gasteiger charge is -2.24. The summed E-state index contributed by atoms with van der Waals surface area (Å²) >= 11 is 0. The van der Waals surface area contributed by atoms with Gasteiger partial charge in [-0.05, 0) is 102 Å². The summed E-state index contributed by atoms with van der Waals surface area (Å²) in [5.41, 5.74) is 9.14. The zero-order chi connectivity index (χ0) is 38.9. The molecular formula is C55H35N3O. The van der Waals surface area contributed by atoms with Crippen LogP contribution in [0.5, 0.6) is 0 Å². The fourth-order valence-corrected chi connectivity index (χ4v) is 8.82. The summed E-state index contributed by atoms with van der Waals surface area (Å²) in [6, 6.07) is 71.3. The lowest BCUT2D eigenvalue weighted by atomic mass is 9.94. The van der Waals surface area contributed by atoms with Crippen molar-refractivity contribution in [3.05, 3.63) is 217 Å². The number of aliphatic imine (C=N–C) groups is 2. The molecule has 1 N–H and O–H groups in total. The number of hydrogen-bond acceptors (Lipinski definition) is 4. The third-order valence-corrected chi connectivity index (χ3v) is 11.9. The van der Waals surface area contributed by atoms with E-state index in [2.05, 4.69) is 206 Å². The van der Waals surface area contributed by atoms with E-state index in [0.29, 0.717) is 5.84 Å². The molecule has 2 heterocycles. The van der Waals surface area contributed by atoms with Gasteiger partial charge in [-0.15, -0.1) is 0 Å². The van der Waals surface area contributed by atoms with Crippen LogP contribution in [0, 0.1) is 0 Å². The van der Waals surface area contributed by atoms with Crippen LogP contribution in [0.25, 0.3) is 87.3 Å². The van der Waals surface area contributed by atoms with E-state index in [9.17, 15) is 0 Å². The second kappa shape index (κ2) is 13.4. The minimum atomic E-state index is -0.499. The maximum atomic E-state index is 6.90. The second-order valence-corrected chi connectivity index (χ2v) is 15.4. The van der Waals surface area contributed by atoms with Crippen molar-refractivity contribution in [2.75, 3.05) is 0 Å². The van der Waals surface area contributed by atoms with Gasteiger partial charge in [-0.2, -0.15) is 0 Å². The number of amidine groups is 2. The van der Waals surface area contributed by atoms with Gasteiger partial charge >= 0.3 is 0 Å². The molecule has 0 fully saturated rings. The van der Waals surface area contributed by atoms with E-state index >= 15 is 0 Å². The highest BCUT2D eigenvalue weighted by molar-refractivity contribution is 6.20. The fourth-order valence-electron chi connectivity index (χ4n) is 8.82. The van der Waals surface area contributed by atoms with Crippen molar-refractivity contribution in [3.63, 3.8) is 0 Å². The monoisotopic (exact) mass is 753 g/mol. The number of nitrogens with zero attached hydrogens (tertiary/aromatic N) is 2. The first-order valence-corrected chi connectivity index (χ1v) is 20.1. The minimum absolute atomic E-state index is 0.499. The quantitative estimate of drug-likeness (QED) is 0.190. The molecule has 1 unspecified atom stereocenters. The Bertz CT molecular complexity index is 3540. The predicted octanol–water partition coefficient (Wildman–Crippen LogP) is 14.0. The van der Waals surface area contributed by atoms with E-state index in [1.54, 1.807) is 0 Å². The van der Waals surface area contributed by atoms with Crippen molar-refractivity contribution < 1.29 is 4.42 Å². The van der Waals surface area contributed by atoms with Crippen LogP contribution >= 0.6 is 0 Å². The molecule has 11 aromatic rings. The summed E-state index contributed by atoms with van der Waals surface area (Å²) in [6.45, 7) is 0. The number of benzene rings is 10. The first kappa shape index (κ1) is 33.3. The van der Waals surface area contributed by atoms with E-state index in [0.717, 1.165) is 71.8 Å². The van der Waals surface area contributed by atoms with E-state index in [-0.39, 0.29) is 0 Å². The first-order valence-electron chi connectivity index (χ1n) is 20.1. The van der Waals surface area contributed by atoms with E-state index in [4.69, 9.17) is 14.4 Å². The molecule has 0 saturated carbocycles. The van der Waals surface area contributed by atoms with Crippen LogP contribution in [0.4, 0.5) is 0 Å². The van der Waals surface area contributed by atoms with Crippen LogP contribution in [-0.4, -0.2) is 11.7 Å². The molecule has 0 spiro atoms. The molecule has 4 nitrogen and oxygen atoms in total. The lowest BCUT2D eigenvalue weighted by Crippen LogP contribution is -2.33. The average molecular weight is 754 g/mol. The summed E-state index contributed by atoms with van der Waals surface area (Å²) in [7, 11) is 0. The van der Waals surface area contributed by atoms with Crippen molar-refractivity contribution in [1.29, 1.82) is 0 Å². The zero-order valence-corrected chi connectivity index (χ0v) is 31.9. The fraction of sp³-hybridized carbons (Fsp3) is 0.0182. The molecule has 1 aromatic heterocycles.